The zero-order valence-electron chi connectivity index (χ0n) is 15.0. The molecule has 1 amide bonds. The van der Waals surface area contributed by atoms with Crippen LogP contribution in [0.4, 0.5) is 0 Å². The lowest BCUT2D eigenvalue weighted by Crippen LogP contribution is -2.49. The Morgan fingerprint density at radius 3 is 2.54 bits per heavy atom. The van der Waals surface area contributed by atoms with Crippen LogP contribution in [0, 0.1) is 6.92 Å². The number of aryl methyl sites for hydroxylation is 1. The molecular formula is C21H23N3O2. The number of aromatic nitrogens is 1. The second-order valence-electron chi connectivity index (χ2n) is 6.79. The number of carbonyl (C=O) groups excluding carboxylic acids is 1. The molecule has 0 saturated carbocycles. The number of hydrogen-bond acceptors (Lipinski definition) is 4. The summed E-state index contributed by atoms with van der Waals surface area (Å²) in [5.74, 6) is 0.490. The van der Waals surface area contributed by atoms with Gasteiger partial charge in [0.15, 0.2) is 5.76 Å². The molecule has 3 heterocycles. The molecule has 1 aliphatic rings. The molecular weight excluding hydrogens is 326 g/mol. The fraction of sp³-hybridized carbons (Fsp3) is 0.333. The standard InChI is InChI=1S/C21H23N3O2/c1-16-18-4-2-3-5-19(18)26-20(16)21(25)24-14-12-23(13-15-24)11-8-17-6-9-22-10-7-17/h2-7,9-10H,8,11-15H2,1H3. The Labute approximate surface area is 153 Å². The first-order valence-corrected chi connectivity index (χ1v) is 9.11. The fourth-order valence-electron chi connectivity index (χ4n) is 3.53. The van der Waals surface area contributed by atoms with E-state index in [9.17, 15) is 4.79 Å². The molecule has 0 atom stereocenters. The molecule has 3 aromatic rings. The van der Waals surface area contributed by atoms with Crippen molar-refractivity contribution in [3.05, 3.63) is 65.7 Å². The smallest absolute Gasteiger partial charge is 0.289 e. The van der Waals surface area contributed by atoms with Crippen LogP contribution >= 0.6 is 0 Å². The van der Waals surface area contributed by atoms with Gasteiger partial charge in [-0.15, -0.1) is 0 Å². The third-order valence-corrected chi connectivity index (χ3v) is 5.16. The Morgan fingerprint density at radius 2 is 1.81 bits per heavy atom. The molecule has 1 saturated heterocycles. The number of fused-ring (bicyclic) bond motifs is 1. The van der Waals surface area contributed by atoms with Crippen molar-refractivity contribution in [2.24, 2.45) is 0 Å². The number of pyridine rings is 1. The Hall–Kier alpha value is -2.66. The maximum Gasteiger partial charge on any atom is 0.289 e. The molecule has 5 nitrogen and oxygen atoms in total. The third-order valence-electron chi connectivity index (χ3n) is 5.16. The summed E-state index contributed by atoms with van der Waals surface area (Å²) in [6, 6.07) is 11.9. The summed E-state index contributed by atoms with van der Waals surface area (Å²) in [6.07, 6.45) is 4.68. The second-order valence-corrected chi connectivity index (χ2v) is 6.79. The third kappa shape index (κ3) is 3.35. The number of para-hydroxylation sites is 1. The number of rotatable bonds is 4. The molecule has 0 radical (unpaired) electrons. The van der Waals surface area contributed by atoms with Crippen molar-refractivity contribution in [2.75, 3.05) is 32.7 Å². The van der Waals surface area contributed by atoms with E-state index in [1.807, 2.05) is 48.5 Å². The number of carbonyl (C=O) groups is 1. The number of hydrogen-bond donors (Lipinski definition) is 0. The van der Waals surface area contributed by atoms with Crippen LogP contribution < -0.4 is 0 Å². The van der Waals surface area contributed by atoms with Gasteiger partial charge < -0.3 is 9.32 Å². The van der Waals surface area contributed by atoms with Crippen LogP contribution in [0.1, 0.15) is 21.7 Å². The van der Waals surface area contributed by atoms with Crippen LogP contribution in [-0.2, 0) is 6.42 Å². The molecule has 1 aromatic carbocycles. The maximum absolute atomic E-state index is 12.9. The lowest BCUT2D eigenvalue weighted by Gasteiger charge is -2.34. The summed E-state index contributed by atoms with van der Waals surface area (Å²) in [7, 11) is 0. The normalized spacial score (nSPS) is 15.5. The predicted molar refractivity (Wildman–Crippen MR) is 101 cm³/mol. The molecule has 26 heavy (non-hydrogen) atoms. The van der Waals surface area contributed by atoms with E-state index >= 15 is 0 Å². The first-order valence-electron chi connectivity index (χ1n) is 9.11. The van der Waals surface area contributed by atoms with E-state index in [1.165, 1.54) is 5.56 Å². The molecule has 0 N–H and O–H groups in total. The Morgan fingerprint density at radius 1 is 1.08 bits per heavy atom. The minimum Gasteiger partial charge on any atom is -0.451 e. The lowest BCUT2D eigenvalue weighted by molar-refractivity contribution is 0.0609. The van der Waals surface area contributed by atoms with Crippen molar-refractivity contribution in [1.82, 2.24) is 14.8 Å². The minimum atomic E-state index is 0.00693. The summed E-state index contributed by atoms with van der Waals surface area (Å²) in [5.41, 5.74) is 3.02. The van der Waals surface area contributed by atoms with Crippen LogP contribution in [0.3, 0.4) is 0 Å². The molecule has 2 aromatic heterocycles. The van der Waals surface area contributed by atoms with E-state index in [0.29, 0.717) is 5.76 Å². The molecule has 0 aliphatic carbocycles. The summed E-state index contributed by atoms with van der Waals surface area (Å²) in [6.45, 7) is 6.25. The summed E-state index contributed by atoms with van der Waals surface area (Å²) in [4.78, 5) is 21.3. The van der Waals surface area contributed by atoms with E-state index in [0.717, 1.165) is 55.7 Å². The monoisotopic (exact) mass is 349 g/mol. The number of amides is 1. The van der Waals surface area contributed by atoms with Gasteiger partial charge in [-0.25, -0.2) is 0 Å². The first kappa shape index (κ1) is 16.8. The number of nitrogens with zero attached hydrogens (tertiary/aromatic N) is 3. The van der Waals surface area contributed by atoms with Gasteiger partial charge in [0.2, 0.25) is 0 Å². The molecule has 4 rings (SSSR count). The highest BCUT2D eigenvalue weighted by molar-refractivity contribution is 5.98. The van der Waals surface area contributed by atoms with E-state index < -0.39 is 0 Å². The SMILES string of the molecule is Cc1c(C(=O)N2CCN(CCc3ccncc3)CC2)oc2ccccc12. The van der Waals surface area contributed by atoms with E-state index in [1.54, 1.807) is 0 Å². The van der Waals surface area contributed by atoms with Crippen LogP contribution in [0.2, 0.25) is 0 Å². The number of benzene rings is 1. The quantitative estimate of drug-likeness (QED) is 0.726. The van der Waals surface area contributed by atoms with Crippen molar-refractivity contribution in [2.45, 2.75) is 13.3 Å². The van der Waals surface area contributed by atoms with Crippen LogP contribution in [0.15, 0.2) is 53.2 Å². The van der Waals surface area contributed by atoms with Gasteiger partial charge in [0.1, 0.15) is 5.58 Å². The van der Waals surface area contributed by atoms with Gasteiger partial charge >= 0.3 is 0 Å². The lowest BCUT2D eigenvalue weighted by atomic mass is 10.1. The average Bonchev–Trinajstić information content (AvgIpc) is 3.04. The fourth-order valence-corrected chi connectivity index (χ4v) is 3.53. The van der Waals surface area contributed by atoms with Gasteiger partial charge in [-0.3, -0.25) is 14.7 Å². The van der Waals surface area contributed by atoms with Crippen molar-refractivity contribution in [3.8, 4) is 0 Å². The van der Waals surface area contributed by atoms with Crippen molar-refractivity contribution in [3.63, 3.8) is 0 Å². The van der Waals surface area contributed by atoms with Gasteiger partial charge in [0, 0.05) is 56.1 Å². The van der Waals surface area contributed by atoms with E-state index in [-0.39, 0.29) is 5.91 Å². The molecule has 1 fully saturated rings. The van der Waals surface area contributed by atoms with Crippen molar-refractivity contribution < 1.29 is 9.21 Å². The Bertz CT molecular complexity index is 896. The van der Waals surface area contributed by atoms with Crippen LogP contribution in [0.25, 0.3) is 11.0 Å². The second kappa shape index (κ2) is 7.30. The molecule has 5 heteroatoms. The number of piperazine rings is 1. The predicted octanol–water partition coefficient (Wildman–Crippen LogP) is 3.14. The summed E-state index contributed by atoms with van der Waals surface area (Å²) < 4.78 is 5.84. The topological polar surface area (TPSA) is 49.6 Å². The highest BCUT2D eigenvalue weighted by Crippen LogP contribution is 2.26. The summed E-state index contributed by atoms with van der Waals surface area (Å²) in [5, 5.41) is 1.02. The van der Waals surface area contributed by atoms with Gasteiger partial charge in [0.05, 0.1) is 0 Å². The first-order chi connectivity index (χ1) is 12.7. The molecule has 0 unspecified atom stereocenters. The van der Waals surface area contributed by atoms with E-state index in [4.69, 9.17) is 4.42 Å². The van der Waals surface area contributed by atoms with Gasteiger partial charge in [-0.05, 0) is 37.1 Å². The molecule has 134 valence electrons. The zero-order valence-corrected chi connectivity index (χ0v) is 15.0. The van der Waals surface area contributed by atoms with Gasteiger partial charge in [-0.2, -0.15) is 0 Å². The van der Waals surface area contributed by atoms with Crippen LogP contribution in [0.5, 0.6) is 0 Å². The van der Waals surface area contributed by atoms with Gasteiger partial charge in [0.25, 0.3) is 5.91 Å². The van der Waals surface area contributed by atoms with Crippen LogP contribution in [-0.4, -0.2) is 53.4 Å². The van der Waals surface area contributed by atoms with Crippen molar-refractivity contribution in [1.29, 1.82) is 0 Å². The molecule has 0 spiro atoms. The number of furan rings is 1. The molecule has 0 bridgehead atoms. The highest BCUT2D eigenvalue weighted by atomic mass is 16.3. The Balaban J connectivity index is 1.36. The largest absolute Gasteiger partial charge is 0.451 e. The summed E-state index contributed by atoms with van der Waals surface area (Å²) >= 11 is 0. The zero-order chi connectivity index (χ0) is 17.9. The highest BCUT2D eigenvalue weighted by Gasteiger charge is 2.26. The molecule has 1 aliphatic heterocycles. The van der Waals surface area contributed by atoms with Gasteiger partial charge in [-0.1, -0.05) is 18.2 Å². The Kier molecular flexibility index (Phi) is 4.71. The van der Waals surface area contributed by atoms with Crippen molar-refractivity contribution >= 4 is 16.9 Å². The minimum absolute atomic E-state index is 0.00693. The average molecular weight is 349 g/mol. The maximum atomic E-state index is 12.9. The van der Waals surface area contributed by atoms with E-state index in [2.05, 4.69) is 22.0 Å².